The molecule has 2 heterocycles. The lowest BCUT2D eigenvalue weighted by atomic mass is 9.62. The SMILES string of the molecule is Cc1c(Cl)cccc1[C@]1(Nc2ccc3cccnc3c2)C[C@@]23CCNC2C31. The van der Waals surface area contributed by atoms with Crippen molar-refractivity contribution in [1.82, 2.24) is 10.3 Å². The Balaban J connectivity index is 1.45. The minimum Gasteiger partial charge on any atom is -0.375 e. The summed E-state index contributed by atoms with van der Waals surface area (Å²) in [7, 11) is 0. The molecule has 0 radical (unpaired) electrons. The highest BCUT2D eigenvalue weighted by molar-refractivity contribution is 6.31. The molecule has 0 bridgehead atoms. The maximum atomic E-state index is 6.51. The van der Waals surface area contributed by atoms with Gasteiger partial charge in [0.25, 0.3) is 0 Å². The van der Waals surface area contributed by atoms with E-state index in [1.165, 1.54) is 29.4 Å². The Bertz CT molecular complexity index is 1080. The summed E-state index contributed by atoms with van der Waals surface area (Å²) in [6.45, 7) is 3.31. The van der Waals surface area contributed by atoms with Crippen LogP contribution in [0.5, 0.6) is 0 Å². The molecule has 27 heavy (non-hydrogen) atoms. The molecule has 0 amide bonds. The second-order valence-electron chi connectivity index (χ2n) is 8.49. The van der Waals surface area contributed by atoms with Gasteiger partial charge in [0.1, 0.15) is 0 Å². The summed E-state index contributed by atoms with van der Waals surface area (Å²) >= 11 is 6.51. The Kier molecular flexibility index (Phi) is 3.09. The van der Waals surface area contributed by atoms with Gasteiger partial charge in [-0.2, -0.15) is 0 Å². The van der Waals surface area contributed by atoms with E-state index < -0.39 is 0 Å². The van der Waals surface area contributed by atoms with Crippen LogP contribution in [0.3, 0.4) is 0 Å². The molecule has 1 saturated heterocycles. The quantitative estimate of drug-likeness (QED) is 0.684. The summed E-state index contributed by atoms with van der Waals surface area (Å²) in [4.78, 5) is 4.53. The molecule has 3 fully saturated rings. The number of rotatable bonds is 3. The van der Waals surface area contributed by atoms with Crippen LogP contribution in [0.1, 0.15) is 24.0 Å². The Hall–Kier alpha value is -2.10. The maximum Gasteiger partial charge on any atom is 0.0722 e. The van der Waals surface area contributed by atoms with Crippen molar-refractivity contribution in [3.63, 3.8) is 0 Å². The molecule has 3 aliphatic rings. The van der Waals surface area contributed by atoms with Crippen molar-refractivity contribution in [2.75, 3.05) is 11.9 Å². The first-order valence-electron chi connectivity index (χ1n) is 9.76. The fourth-order valence-electron chi connectivity index (χ4n) is 6.11. The summed E-state index contributed by atoms with van der Waals surface area (Å²) in [6, 6.07) is 17.6. The van der Waals surface area contributed by atoms with Crippen LogP contribution in [-0.4, -0.2) is 17.6 Å². The molecule has 4 atom stereocenters. The molecule has 3 aromatic rings. The van der Waals surface area contributed by atoms with Crippen molar-refractivity contribution in [2.45, 2.75) is 31.3 Å². The first-order chi connectivity index (χ1) is 13.1. The number of aromatic nitrogens is 1. The second kappa shape index (κ2) is 5.24. The molecule has 2 saturated carbocycles. The number of piperidine rings is 1. The highest BCUT2D eigenvalue weighted by Crippen LogP contribution is 2.79. The summed E-state index contributed by atoms with van der Waals surface area (Å²) in [5.41, 5.74) is 5.17. The van der Waals surface area contributed by atoms with E-state index in [9.17, 15) is 0 Å². The zero-order chi connectivity index (χ0) is 18.2. The predicted molar refractivity (Wildman–Crippen MR) is 110 cm³/mol. The van der Waals surface area contributed by atoms with E-state index >= 15 is 0 Å². The molecule has 1 aromatic heterocycles. The number of nitrogens with one attached hydrogen (secondary N) is 2. The van der Waals surface area contributed by atoms with E-state index in [1.807, 2.05) is 18.3 Å². The van der Waals surface area contributed by atoms with E-state index in [0.29, 0.717) is 17.4 Å². The molecular formula is C23H22ClN3. The van der Waals surface area contributed by atoms with Crippen molar-refractivity contribution in [1.29, 1.82) is 0 Å². The van der Waals surface area contributed by atoms with Gasteiger partial charge in [0.15, 0.2) is 0 Å². The Morgan fingerprint density at radius 1 is 1.19 bits per heavy atom. The van der Waals surface area contributed by atoms with Crippen molar-refractivity contribution in [3.05, 3.63) is 70.9 Å². The first kappa shape index (κ1) is 15.9. The number of benzene rings is 2. The van der Waals surface area contributed by atoms with Crippen molar-refractivity contribution < 1.29 is 0 Å². The Morgan fingerprint density at radius 3 is 3.00 bits per heavy atom. The largest absolute Gasteiger partial charge is 0.375 e. The molecule has 2 N–H and O–H groups in total. The average Bonchev–Trinajstić information content (AvgIpc) is 2.95. The Labute approximate surface area is 164 Å². The molecule has 3 nitrogen and oxygen atoms in total. The fraction of sp³-hybridized carbons (Fsp3) is 0.348. The molecule has 1 spiro atoms. The summed E-state index contributed by atoms with van der Waals surface area (Å²) in [5, 5.41) is 9.71. The Morgan fingerprint density at radius 2 is 2.11 bits per heavy atom. The molecule has 2 aromatic carbocycles. The number of hydrogen-bond donors (Lipinski definition) is 2. The van der Waals surface area contributed by atoms with Gasteiger partial charge >= 0.3 is 0 Å². The second-order valence-corrected chi connectivity index (χ2v) is 8.90. The van der Waals surface area contributed by atoms with Crippen LogP contribution in [0.25, 0.3) is 10.9 Å². The van der Waals surface area contributed by atoms with Crippen molar-refractivity contribution in [2.24, 2.45) is 11.3 Å². The predicted octanol–water partition coefficient (Wildman–Crippen LogP) is 4.89. The zero-order valence-electron chi connectivity index (χ0n) is 15.3. The van der Waals surface area contributed by atoms with E-state index in [-0.39, 0.29) is 5.54 Å². The van der Waals surface area contributed by atoms with Crippen LogP contribution >= 0.6 is 11.6 Å². The third kappa shape index (κ3) is 1.99. The topological polar surface area (TPSA) is 37.0 Å². The third-order valence-electron chi connectivity index (χ3n) is 7.28. The van der Waals surface area contributed by atoms with Crippen molar-refractivity contribution in [3.8, 4) is 0 Å². The number of hydrogen-bond acceptors (Lipinski definition) is 3. The molecule has 6 rings (SSSR count). The normalized spacial score (nSPS) is 33.3. The van der Waals surface area contributed by atoms with Gasteiger partial charge in [-0.05, 0) is 67.1 Å². The molecule has 4 heteroatoms. The maximum absolute atomic E-state index is 6.51. The van der Waals surface area contributed by atoms with Gasteiger partial charge in [-0.15, -0.1) is 0 Å². The summed E-state index contributed by atoms with van der Waals surface area (Å²) < 4.78 is 0. The standard InChI is InChI=1S/C23H22ClN3/c1-14-17(5-2-6-18(14)24)23(13-22-9-11-26-21(22)20(22)23)27-16-8-7-15-4-3-10-25-19(15)12-16/h2-8,10,12,20-21,26-27H,9,11,13H2,1H3/t20?,21?,22-,23-/m1/s1. The minimum absolute atomic E-state index is 0.0461. The lowest BCUT2D eigenvalue weighted by molar-refractivity contribution is 0.148. The van der Waals surface area contributed by atoms with Crippen LogP contribution in [-0.2, 0) is 5.54 Å². The highest BCUT2D eigenvalue weighted by Gasteiger charge is 2.83. The van der Waals surface area contributed by atoms with E-state index in [2.05, 4.69) is 58.9 Å². The number of halogens is 1. The van der Waals surface area contributed by atoms with Gasteiger partial charge in [-0.1, -0.05) is 35.9 Å². The third-order valence-corrected chi connectivity index (χ3v) is 7.69. The fourth-order valence-corrected chi connectivity index (χ4v) is 6.28. The minimum atomic E-state index is -0.0461. The van der Waals surface area contributed by atoms with E-state index in [0.717, 1.165) is 22.8 Å². The van der Waals surface area contributed by atoms with Gasteiger partial charge in [-0.25, -0.2) is 0 Å². The lowest BCUT2D eigenvalue weighted by Crippen LogP contribution is -2.50. The zero-order valence-corrected chi connectivity index (χ0v) is 16.1. The average molecular weight is 376 g/mol. The van der Waals surface area contributed by atoms with E-state index in [4.69, 9.17) is 11.6 Å². The van der Waals surface area contributed by atoms with Gasteiger partial charge in [0.05, 0.1) is 11.1 Å². The number of anilines is 1. The molecule has 2 unspecified atom stereocenters. The molecular weight excluding hydrogens is 354 g/mol. The van der Waals surface area contributed by atoms with Crippen LogP contribution in [0.2, 0.25) is 5.02 Å². The molecule has 2 aliphatic carbocycles. The highest BCUT2D eigenvalue weighted by atomic mass is 35.5. The lowest BCUT2D eigenvalue weighted by Gasteiger charge is -2.49. The van der Waals surface area contributed by atoms with Gasteiger partial charge in [0, 0.05) is 34.3 Å². The van der Waals surface area contributed by atoms with Gasteiger partial charge < -0.3 is 10.6 Å². The summed E-state index contributed by atoms with van der Waals surface area (Å²) in [5.74, 6) is 0.635. The van der Waals surface area contributed by atoms with Gasteiger partial charge in [-0.3, -0.25) is 4.98 Å². The monoisotopic (exact) mass is 375 g/mol. The van der Waals surface area contributed by atoms with Crippen LogP contribution in [0.15, 0.2) is 54.7 Å². The molecule has 136 valence electrons. The summed E-state index contributed by atoms with van der Waals surface area (Å²) in [6.07, 6.45) is 4.32. The van der Waals surface area contributed by atoms with Crippen molar-refractivity contribution >= 4 is 28.2 Å². The van der Waals surface area contributed by atoms with Crippen LogP contribution in [0, 0.1) is 18.3 Å². The smallest absolute Gasteiger partial charge is 0.0722 e. The number of nitrogens with zero attached hydrogens (tertiary/aromatic N) is 1. The van der Waals surface area contributed by atoms with E-state index in [1.54, 1.807) is 0 Å². The number of pyridine rings is 1. The van der Waals surface area contributed by atoms with Gasteiger partial charge in [0.2, 0.25) is 0 Å². The molecule has 1 aliphatic heterocycles. The van der Waals surface area contributed by atoms with Crippen LogP contribution < -0.4 is 10.6 Å². The first-order valence-corrected chi connectivity index (χ1v) is 10.1. The number of fused-ring (bicyclic) bond motifs is 2. The van der Waals surface area contributed by atoms with Crippen LogP contribution in [0.4, 0.5) is 5.69 Å².